The number of Topliss-reactive ketones (excluding diaryl/α,β-unsaturated/α-hetero) is 1. The van der Waals surface area contributed by atoms with E-state index in [1.54, 1.807) is 0 Å². The summed E-state index contributed by atoms with van der Waals surface area (Å²) in [5, 5.41) is 8.18. The van der Waals surface area contributed by atoms with Gasteiger partial charge in [0.05, 0.1) is 12.5 Å². The molecule has 0 aliphatic heterocycles. The van der Waals surface area contributed by atoms with Crippen molar-refractivity contribution in [1.29, 1.82) is 5.26 Å². The molecule has 0 saturated heterocycles. The highest BCUT2D eigenvalue weighted by atomic mass is 16.5. The van der Waals surface area contributed by atoms with Crippen LogP contribution in [0.5, 0.6) is 0 Å². The lowest BCUT2D eigenvalue weighted by Crippen LogP contribution is -2.05. The van der Waals surface area contributed by atoms with Gasteiger partial charge in [-0.15, -0.1) is 0 Å². The number of nitriles is 1. The molecule has 0 bridgehead atoms. The summed E-state index contributed by atoms with van der Waals surface area (Å²) in [6.45, 7) is 1.70. The Bertz CT molecular complexity index is 230. The van der Waals surface area contributed by atoms with Crippen LogP contribution in [0.4, 0.5) is 0 Å². The largest absolute Gasteiger partial charge is 0.465 e. The van der Waals surface area contributed by atoms with E-state index in [-0.39, 0.29) is 24.8 Å². The van der Waals surface area contributed by atoms with Crippen LogP contribution in [-0.4, -0.2) is 18.4 Å². The molecule has 0 radical (unpaired) electrons. The molecular weight excluding hydrogens is 182 g/mol. The fraction of sp³-hybridized carbons (Fsp3) is 0.700. The summed E-state index contributed by atoms with van der Waals surface area (Å²) in [5.74, 6) is -0.147. The predicted molar refractivity (Wildman–Crippen MR) is 50.3 cm³/mol. The van der Waals surface area contributed by atoms with Crippen LogP contribution in [0.2, 0.25) is 0 Å². The second kappa shape index (κ2) is 8.24. The van der Waals surface area contributed by atoms with Gasteiger partial charge in [-0.05, 0) is 19.8 Å². The number of nitrogens with zero attached hydrogens (tertiary/aromatic N) is 1. The zero-order valence-electron chi connectivity index (χ0n) is 8.41. The van der Waals surface area contributed by atoms with Crippen LogP contribution in [0.25, 0.3) is 0 Å². The summed E-state index contributed by atoms with van der Waals surface area (Å²) >= 11 is 0. The average Bonchev–Trinajstić information content (AvgIpc) is 2.13. The molecule has 4 nitrogen and oxygen atoms in total. The Hall–Kier alpha value is -1.37. The zero-order chi connectivity index (χ0) is 10.8. The van der Waals surface area contributed by atoms with Crippen molar-refractivity contribution in [3.63, 3.8) is 0 Å². The van der Waals surface area contributed by atoms with Crippen molar-refractivity contribution in [1.82, 2.24) is 0 Å². The molecule has 0 amide bonds. The van der Waals surface area contributed by atoms with Crippen LogP contribution >= 0.6 is 0 Å². The summed E-state index contributed by atoms with van der Waals surface area (Å²) in [5.41, 5.74) is 0. The van der Waals surface area contributed by atoms with E-state index in [9.17, 15) is 9.59 Å². The van der Waals surface area contributed by atoms with Gasteiger partial charge in [0.15, 0.2) is 0 Å². The third kappa shape index (κ3) is 8.72. The van der Waals surface area contributed by atoms with Crippen molar-refractivity contribution < 1.29 is 14.3 Å². The summed E-state index contributed by atoms with van der Waals surface area (Å²) in [6.07, 6.45) is 2.48. The quantitative estimate of drug-likeness (QED) is 0.459. The first-order valence-electron chi connectivity index (χ1n) is 4.69. The van der Waals surface area contributed by atoms with Crippen molar-refractivity contribution in [3.8, 4) is 6.07 Å². The first kappa shape index (κ1) is 12.6. The van der Waals surface area contributed by atoms with Gasteiger partial charge >= 0.3 is 5.97 Å². The highest BCUT2D eigenvalue weighted by Gasteiger charge is 2.02. The molecule has 0 aliphatic carbocycles. The molecule has 0 atom stereocenters. The lowest BCUT2D eigenvalue weighted by molar-refractivity contribution is -0.143. The van der Waals surface area contributed by atoms with Crippen molar-refractivity contribution >= 4 is 11.8 Å². The molecule has 0 rings (SSSR count). The van der Waals surface area contributed by atoms with Crippen LogP contribution in [0, 0.1) is 11.3 Å². The molecule has 0 N–H and O–H groups in total. The van der Waals surface area contributed by atoms with Gasteiger partial charge in [0.25, 0.3) is 0 Å². The van der Waals surface area contributed by atoms with Gasteiger partial charge in [0.2, 0.25) is 0 Å². The third-order valence-corrected chi connectivity index (χ3v) is 1.64. The lowest BCUT2D eigenvalue weighted by atomic mass is 10.1. The molecule has 0 aliphatic rings. The molecule has 0 heterocycles. The number of hydrogen-bond donors (Lipinski definition) is 0. The SMILES string of the molecule is CC(=O)CCCCC(=O)OCCC#N. The minimum atomic E-state index is -0.288. The van der Waals surface area contributed by atoms with Gasteiger partial charge in [0, 0.05) is 12.8 Å². The molecule has 0 aromatic carbocycles. The Kier molecular flexibility index (Phi) is 7.43. The molecule has 4 heteroatoms. The van der Waals surface area contributed by atoms with Crippen molar-refractivity contribution in [2.75, 3.05) is 6.61 Å². The molecule has 0 spiro atoms. The molecule has 0 aromatic rings. The van der Waals surface area contributed by atoms with E-state index >= 15 is 0 Å². The van der Waals surface area contributed by atoms with Crippen molar-refractivity contribution in [2.45, 2.75) is 39.0 Å². The molecule has 78 valence electrons. The molecular formula is C10H15NO3. The summed E-state index contributed by atoms with van der Waals surface area (Å²) in [7, 11) is 0. The Morgan fingerprint density at radius 2 is 1.93 bits per heavy atom. The van der Waals surface area contributed by atoms with Crippen LogP contribution in [0.1, 0.15) is 39.0 Å². The Labute approximate surface area is 83.9 Å². The van der Waals surface area contributed by atoms with E-state index in [0.717, 1.165) is 6.42 Å². The fourth-order valence-electron chi connectivity index (χ4n) is 0.926. The van der Waals surface area contributed by atoms with E-state index in [0.29, 0.717) is 19.3 Å². The summed E-state index contributed by atoms with van der Waals surface area (Å²) in [4.78, 5) is 21.5. The Balaban J connectivity index is 3.28. The number of ether oxygens (including phenoxy) is 1. The van der Waals surface area contributed by atoms with Crippen molar-refractivity contribution in [3.05, 3.63) is 0 Å². The summed E-state index contributed by atoms with van der Waals surface area (Å²) in [6, 6.07) is 1.88. The van der Waals surface area contributed by atoms with Crippen LogP contribution in [0.3, 0.4) is 0 Å². The molecule has 0 saturated carbocycles. The number of carbonyl (C=O) groups excluding carboxylic acids is 2. The maximum Gasteiger partial charge on any atom is 0.305 e. The van der Waals surface area contributed by atoms with Crippen LogP contribution < -0.4 is 0 Å². The second-order valence-electron chi connectivity index (χ2n) is 3.04. The Morgan fingerprint density at radius 3 is 2.50 bits per heavy atom. The molecule has 0 fully saturated rings. The monoisotopic (exact) mass is 197 g/mol. The maximum absolute atomic E-state index is 10.9. The Morgan fingerprint density at radius 1 is 1.29 bits per heavy atom. The average molecular weight is 197 g/mol. The fourth-order valence-corrected chi connectivity index (χ4v) is 0.926. The van der Waals surface area contributed by atoms with E-state index in [4.69, 9.17) is 10.00 Å². The standard InChI is InChI=1S/C10H15NO3/c1-9(12)5-2-3-6-10(13)14-8-4-7-11/h2-6,8H2,1H3. The predicted octanol–water partition coefficient (Wildman–Crippen LogP) is 1.59. The highest BCUT2D eigenvalue weighted by Crippen LogP contribution is 2.01. The maximum atomic E-state index is 10.9. The van der Waals surface area contributed by atoms with E-state index < -0.39 is 0 Å². The lowest BCUT2D eigenvalue weighted by Gasteiger charge is -2.01. The number of esters is 1. The smallest absolute Gasteiger partial charge is 0.305 e. The van der Waals surface area contributed by atoms with Crippen molar-refractivity contribution in [2.24, 2.45) is 0 Å². The number of hydrogen-bond acceptors (Lipinski definition) is 4. The highest BCUT2D eigenvalue weighted by molar-refractivity contribution is 5.75. The topological polar surface area (TPSA) is 67.2 Å². The zero-order valence-corrected chi connectivity index (χ0v) is 8.41. The van der Waals surface area contributed by atoms with Crippen LogP contribution in [-0.2, 0) is 14.3 Å². The summed E-state index contributed by atoms with van der Waals surface area (Å²) < 4.78 is 4.74. The first-order valence-corrected chi connectivity index (χ1v) is 4.69. The second-order valence-corrected chi connectivity index (χ2v) is 3.04. The minimum absolute atomic E-state index is 0.142. The van der Waals surface area contributed by atoms with E-state index in [2.05, 4.69) is 0 Å². The molecule has 0 aromatic heterocycles. The van der Waals surface area contributed by atoms with Gasteiger partial charge < -0.3 is 9.53 Å². The normalized spacial score (nSPS) is 9.14. The number of rotatable bonds is 7. The van der Waals surface area contributed by atoms with Gasteiger partial charge in [-0.25, -0.2) is 0 Å². The molecule has 14 heavy (non-hydrogen) atoms. The minimum Gasteiger partial charge on any atom is -0.465 e. The number of carbonyl (C=O) groups is 2. The van der Waals surface area contributed by atoms with Gasteiger partial charge in [0.1, 0.15) is 12.4 Å². The van der Waals surface area contributed by atoms with Gasteiger partial charge in [-0.2, -0.15) is 5.26 Å². The number of ketones is 1. The third-order valence-electron chi connectivity index (χ3n) is 1.64. The van der Waals surface area contributed by atoms with Gasteiger partial charge in [-0.1, -0.05) is 0 Å². The van der Waals surface area contributed by atoms with E-state index in [1.165, 1.54) is 6.92 Å². The molecule has 0 unspecified atom stereocenters. The van der Waals surface area contributed by atoms with E-state index in [1.807, 2.05) is 6.07 Å². The van der Waals surface area contributed by atoms with Gasteiger partial charge in [-0.3, -0.25) is 4.79 Å². The number of unbranched alkanes of at least 4 members (excludes halogenated alkanes) is 1. The first-order chi connectivity index (χ1) is 6.66. The van der Waals surface area contributed by atoms with Crippen LogP contribution in [0.15, 0.2) is 0 Å².